The smallest absolute Gasteiger partial charge is 0.323 e. The second kappa shape index (κ2) is 5.61. The van der Waals surface area contributed by atoms with Crippen molar-refractivity contribution in [2.45, 2.75) is 12.5 Å². The van der Waals surface area contributed by atoms with E-state index < -0.39 is 30.4 Å². The summed E-state index contributed by atoms with van der Waals surface area (Å²) in [6.45, 7) is 0.547. The van der Waals surface area contributed by atoms with Gasteiger partial charge in [-0.05, 0) is 0 Å². The fourth-order valence-electron chi connectivity index (χ4n) is 1.73. The monoisotopic (exact) mass is 285 g/mol. The van der Waals surface area contributed by atoms with Crippen molar-refractivity contribution in [1.82, 2.24) is 19.8 Å². The van der Waals surface area contributed by atoms with Crippen molar-refractivity contribution in [3.8, 4) is 0 Å². The molecule has 0 bridgehead atoms. The number of carbonyl (C=O) groups excluding carboxylic acids is 2. The minimum absolute atomic E-state index is 0.252. The SMILES string of the molecule is O=C(O)CC1C(=O)NCCN1C(=O)Nc1cnns1. The van der Waals surface area contributed by atoms with E-state index in [1.165, 1.54) is 11.1 Å². The van der Waals surface area contributed by atoms with E-state index >= 15 is 0 Å². The fourth-order valence-corrected chi connectivity index (χ4v) is 2.14. The third-order valence-electron chi connectivity index (χ3n) is 2.55. The maximum atomic E-state index is 12.0. The maximum absolute atomic E-state index is 12.0. The molecule has 19 heavy (non-hydrogen) atoms. The molecule has 0 spiro atoms. The first-order chi connectivity index (χ1) is 9.08. The van der Waals surface area contributed by atoms with Crippen molar-refractivity contribution >= 4 is 34.4 Å². The van der Waals surface area contributed by atoms with Gasteiger partial charge >= 0.3 is 12.0 Å². The van der Waals surface area contributed by atoms with Gasteiger partial charge in [0, 0.05) is 24.6 Å². The average molecular weight is 285 g/mol. The first-order valence-corrected chi connectivity index (χ1v) is 6.20. The lowest BCUT2D eigenvalue weighted by molar-refractivity contribution is -0.142. The van der Waals surface area contributed by atoms with Crippen molar-refractivity contribution in [3.63, 3.8) is 0 Å². The molecule has 10 heteroatoms. The van der Waals surface area contributed by atoms with E-state index in [9.17, 15) is 14.4 Å². The van der Waals surface area contributed by atoms with Gasteiger partial charge in [-0.25, -0.2) is 4.79 Å². The zero-order chi connectivity index (χ0) is 13.8. The summed E-state index contributed by atoms with van der Waals surface area (Å²) in [5.41, 5.74) is 0. The number of rotatable bonds is 3. The number of nitrogens with one attached hydrogen (secondary N) is 2. The highest BCUT2D eigenvalue weighted by Crippen LogP contribution is 2.14. The van der Waals surface area contributed by atoms with Crippen LogP contribution in [0.4, 0.5) is 9.80 Å². The number of carboxylic acid groups (broad SMARTS) is 1. The van der Waals surface area contributed by atoms with Gasteiger partial charge in [-0.3, -0.25) is 14.9 Å². The van der Waals surface area contributed by atoms with Gasteiger partial charge in [0.2, 0.25) is 5.91 Å². The van der Waals surface area contributed by atoms with Gasteiger partial charge in [-0.15, -0.1) is 5.10 Å². The highest BCUT2D eigenvalue weighted by atomic mass is 32.1. The Morgan fingerprint density at radius 2 is 2.42 bits per heavy atom. The lowest BCUT2D eigenvalue weighted by Gasteiger charge is -2.33. The molecule has 0 aromatic carbocycles. The summed E-state index contributed by atoms with van der Waals surface area (Å²) in [6, 6.07) is -1.54. The number of piperazine rings is 1. The van der Waals surface area contributed by atoms with Crippen molar-refractivity contribution in [2.75, 3.05) is 18.4 Å². The van der Waals surface area contributed by atoms with Gasteiger partial charge in [-0.2, -0.15) is 0 Å². The lowest BCUT2D eigenvalue weighted by Crippen LogP contribution is -2.58. The molecule has 1 aliphatic heterocycles. The molecule has 3 N–H and O–H groups in total. The quantitative estimate of drug-likeness (QED) is 0.677. The third kappa shape index (κ3) is 3.16. The van der Waals surface area contributed by atoms with Gasteiger partial charge in [0.05, 0.1) is 12.6 Å². The number of anilines is 1. The van der Waals surface area contributed by atoms with Crippen LogP contribution in [-0.2, 0) is 9.59 Å². The number of hydrogen-bond acceptors (Lipinski definition) is 6. The molecule has 1 atom stereocenters. The highest BCUT2D eigenvalue weighted by Gasteiger charge is 2.34. The zero-order valence-electron chi connectivity index (χ0n) is 9.70. The predicted molar refractivity (Wildman–Crippen MR) is 64.7 cm³/mol. The first-order valence-electron chi connectivity index (χ1n) is 5.42. The van der Waals surface area contributed by atoms with Crippen molar-refractivity contribution in [3.05, 3.63) is 6.20 Å². The standard InChI is InChI=1S/C9H11N5O4S/c15-7(16)3-5-8(17)10-1-2-14(5)9(18)12-6-4-11-13-19-6/h4-5H,1-3H2,(H,10,17)(H,12,18)(H,15,16). The Balaban J connectivity index is 2.08. The van der Waals surface area contributed by atoms with Gasteiger partial charge in [0.25, 0.3) is 0 Å². The molecule has 1 unspecified atom stereocenters. The maximum Gasteiger partial charge on any atom is 0.323 e. The molecule has 1 aliphatic rings. The molecule has 9 nitrogen and oxygen atoms in total. The molecule has 1 saturated heterocycles. The van der Waals surface area contributed by atoms with Crippen LogP contribution < -0.4 is 10.6 Å². The van der Waals surface area contributed by atoms with Crippen molar-refractivity contribution < 1.29 is 19.5 Å². The van der Waals surface area contributed by atoms with Gasteiger partial charge in [-0.1, -0.05) is 4.49 Å². The highest BCUT2D eigenvalue weighted by molar-refractivity contribution is 7.10. The minimum atomic E-state index is -1.14. The number of amides is 3. The predicted octanol–water partition coefficient (Wildman–Crippen LogP) is -0.655. The molecule has 102 valence electrons. The van der Waals surface area contributed by atoms with E-state index in [-0.39, 0.29) is 6.54 Å². The molecule has 1 aromatic rings. The Kier molecular flexibility index (Phi) is 3.90. The second-order valence-corrected chi connectivity index (χ2v) is 4.60. The van der Waals surface area contributed by atoms with Crippen LogP contribution in [0.1, 0.15) is 6.42 Å². The number of carboxylic acids is 1. The Hall–Kier alpha value is -2.23. The van der Waals surface area contributed by atoms with E-state index in [0.717, 1.165) is 11.5 Å². The number of aromatic nitrogens is 2. The molecular weight excluding hydrogens is 274 g/mol. The Bertz CT molecular complexity index is 491. The van der Waals surface area contributed by atoms with E-state index in [0.29, 0.717) is 11.5 Å². The van der Waals surface area contributed by atoms with Crippen LogP contribution in [0.15, 0.2) is 6.20 Å². The summed E-state index contributed by atoms with van der Waals surface area (Å²) in [4.78, 5) is 35.6. The van der Waals surface area contributed by atoms with Crippen LogP contribution in [-0.4, -0.2) is 56.6 Å². The van der Waals surface area contributed by atoms with E-state index in [4.69, 9.17) is 5.11 Å². The van der Waals surface area contributed by atoms with E-state index in [1.54, 1.807) is 0 Å². The molecule has 0 aliphatic carbocycles. The molecule has 1 fully saturated rings. The lowest BCUT2D eigenvalue weighted by atomic mass is 10.1. The van der Waals surface area contributed by atoms with Crippen LogP contribution in [0.2, 0.25) is 0 Å². The van der Waals surface area contributed by atoms with Gasteiger partial charge in [0.1, 0.15) is 11.0 Å². The number of urea groups is 1. The van der Waals surface area contributed by atoms with Gasteiger partial charge in [0.15, 0.2) is 0 Å². The summed E-state index contributed by atoms with van der Waals surface area (Å²) < 4.78 is 3.59. The molecule has 3 amide bonds. The normalized spacial score (nSPS) is 18.8. The van der Waals surface area contributed by atoms with Crippen molar-refractivity contribution in [2.24, 2.45) is 0 Å². The average Bonchev–Trinajstić information content (AvgIpc) is 2.84. The summed E-state index contributed by atoms with van der Waals surface area (Å²) in [5, 5.41) is 17.8. The molecule has 0 radical (unpaired) electrons. The second-order valence-electron chi connectivity index (χ2n) is 3.81. The van der Waals surface area contributed by atoms with E-state index in [1.807, 2.05) is 0 Å². The van der Waals surface area contributed by atoms with Crippen LogP contribution >= 0.6 is 11.5 Å². The molecule has 0 saturated carbocycles. The van der Waals surface area contributed by atoms with E-state index in [2.05, 4.69) is 20.2 Å². The molecule has 2 heterocycles. The third-order valence-corrected chi connectivity index (χ3v) is 3.13. The number of aliphatic carboxylic acids is 1. The van der Waals surface area contributed by atoms with Crippen LogP contribution in [0.5, 0.6) is 0 Å². The van der Waals surface area contributed by atoms with Gasteiger partial charge < -0.3 is 15.3 Å². The fraction of sp³-hybridized carbons (Fsp3) is 0.444. The largest absolute Gasteiger partial charge is 0.481 e. The summed E-state index contributed by atoms with van der Waals surface area (Å²) in [7, 11) is 0. The Labute approximate surface area is 111 Å². The topological polar surface area (TPSA) is 125 Å². The summed E-state index contributed by atoms with van der Waals surface area (Å²) >= 11 is 0.995. The molecular formula is C9H11N5O4S. The van der Waals surface area contributed by atoms with Crippen LogP contribution in [0.3, 0.4) is 0 Å². The number of nitrogens with zero attached hydrogens (tertiary/aromatic N) is 3. The zero-order valence-corrected chi connectivity index (χ0v) is 10.5. The summed E-state index contributed by atoms with van der Waals surface area (Å²) in [6.07, 6.45) is 0.943. The first kappa shape index (κ1) is 13.2. The van der Waals surface area contributed by atoms with Crippen LogP contribution in [0, 0.1) is 0 Å². The Morgan fingerprint density at radius 3 is 3.05 bits per heavy atom. The minimum Gasteiger partial charge on any atom is -0.481 e. The number of carbonyl (C=O) groups is 3. The number of hydrogen-bond donors (Lipinski definition) is 3. The Morgan fingerprint density at radius 1 is 1.63 bits per heavy atom. The summed E-state index contributed by atoms with van der Waals surface area (Å²) in [5.74, 6) is -1.61. The van der Waals surface area contributed by atoms with Crippen molar-refractivity contribution in [1.29, 1.82) is 0 Å². The molecule has 2 rings (SSSR count). The molecule has 1 aromatic heterocycles. The van der Waals surface area contributed by atoms with Crippen LogP contribution in [0.25, 0.3) is 0 Å².